The second-order valence-electron chi connectivity index (χ2n) is 3.76. The molecule has 84 valence electrons. The number of aliphatic hydroxyl groups is 1. The SMILES string of the molecule is C[C@@H](N)C(=O)N[C@H]1CCCC[C@H]1O.Cl. The molecule has 1 fully saturated rings. The van der Waals surface area contributed by atoms with E-state index in [-0.39, 0.29) is 24.4 Å². The zero-order chi connectivity index (χ0) is 9.84. The van der Waals surface area contributed by atoms with Gasteiger partial charge < -0.3 is 16.2 Å². The summed E-state index contributed by atoms with van der Waals surface area (Å²) in [6.45, 7) is 1.64. The highest BCUT2D eigenvalue weighted by Gasteiger charge is 2.24. The Balaban J connectivity index is 0.00000169. The molecule has 1 rings (SSSR count). The Labute approximate surface area is 90.7 Å². The summed E-state index contributed by atoms with van der Waals surface area (Å²) in [6.07, 6.45) is 3.37. The van der Waals surface area contributed by atoms with Crippen LogP contribution in [-0.4, -0.2) is 29.2 Å². The molecule has 1 aliphatic rings. The summed E-state index contributed by atoms with van der Waals surface area (Å²) >= 11 is 0. The Morgan fingerprint density at radius 2 is 2.07 bits per heavy atom. The molecular formula is C9H19ClN2O2. The molecule has 3 atom stereocenters. The van der Waals surface area contributed by atoms with Crippen LogP contribution in [0.2, 0.25) is 0 Å². The zero-order valence-electron chi connectivity index (χ0n) is 8.40. The van der Waals surface area contributed by atoms with Crippen LogP contribution in [0.25, 0.3) is 0 Å². The lowest BCUT2D eigenvalue weighted by Gasteiger charge is -2.28. The first-order chi connectivity index (χ1) is 6.11. The second kappa shape index (κ2) is 6.22. The standard InChI is InChI=1S/C9H18N2O2.ClH/c1-6(10)9(13)11-7-4-2-3-5-8(7)12;/h6-8,12H,2-5,10H2,1H3,(H,11,13);1H/t6-,7+,8-;/m1./s1. The van der Waals surface area contributed by atoms with Crippen LogP contribution in [0.1, 0.15) is 32.6 Å². The third-order valence-electron chi connectivity index (χ3n) is 2.47. The molecule has 0 heterocycles. The monoisotopic (exact) mass is 222 g/mol. The molecule has 0 spiro atoms. The van der Waals surface area contributed by atoms with Gasteiger partial charge >= 0.3 is 0 Å². The van der Waals surface area contributed by atoms with Gasteiger partial charge in [0.05, 0.1) is 18.2 Å². The van der Waals surface area contributed by atoms with E-state index in [9.17, 15) is 9.90 Å². The van der Waals surface area contributed by atoms with Gasteiger partial charge in [0.1, 0.15) is 0 Å². The quantitative estimate of drug-likeness (QED) is 0.624. The summed E-state index contributed by atoms with van der Waals surface area (Å²) < 4.78 is 0. The lowest BCUT2D eigenvalue weighted by atomic mass is 9.92. The van der Waals surface area contributed by atoms with Gasteiger partial charge in [-0.3, -0.25) is 4.79 Å². The summed E-state index contributed by atoms with van der Waals surface area (Å²) in [5.74, 6) is -0.175. The Morgan fingerprint density at radius 1 is 1.50 bits per heavy atom. The minimum Gasteiger partial charge on any atom is -0.391 e. The molecule has 0 bridgehead atoms. The van der Waals surface area contributed by atoms with E-state index in [4.69, 9.17) is 5.73 Å². The molecule has 0 unspecified atom stereocenters. The van der Waals surface area contributed by atoms with Crippen LogP contribution in [0.3, 0.4) is 0 Å². The highest BCUT2D eigenvalue weighted by atomic mass is 35.5. The van der Waals surface area contributed by atoms with Crippen molar-refractivity contribution in [3.05, 3.63) is 0 Å². The predicted molar refractivity (Wildman–Crippen MR) is 57.3 cm³/mol. The molecule has 0 saturated heterocycles. The average Bonchev–Trinajstić information content (AvgIpc) is 2.08. The van der Waals surface area contributed by atoms with Crippen molar-refractivity contribution in [1.29, 1.82) is 0 Å². The third kappa shape index (κ3) is 3.82. The van der Waals surface area contributed by atoms with Crippen molar-refractivity contribution >= 4 is 18.3 Å². The summed E-state index contributed by atoms with van der Waals surface area (Å²) in [4.78, 5) is 11.2. The van der Waals surface area contributed by atoms with Gasteiger partial charge in [-0.05, 0) is 19.8 Å². The normalized spacial score (nSPS) is 28.8. The van der Waals surface area contributed by atoms with Crippen molar-refractivity contribution < 1.29 is 9.90 Å². The van der Waals surface area contributed by atoms with Crippen molar-refractivity contribution in [2.24, 2.45) is 5.73 Å². The molecule has 4 nitrogen and oxygen atoms in total. The molecule has 1 saturated carbocycles. The van der Waals surface area contributed by atoms with Gasteiger partial charge in [0.2, 0.25) is 5.91 Å². The maximum absolute atomic E-state index is 11.2. The average molecular weight is 223 g/mol. The summed E-state index contributed by atoms with van der Waals surface area (Å²) in [6, 6.07) is -0.582. The van der Waals surface area contributed by atoms with Crippen molar-refractivity contribution in [3.8, 4) is 0 Å². The number of carbonyl (C=O) groups is 1. The molecule has 0 aromatic rings. The van der Waals surface area contributed by atoms with Crippen LogP contribution in [0.5, 0.6) is 0 Å². The number of hydrogen-bond acceptors (Lipinski definition) is 3. The number of amides is 1. The van der Waals surface area contributed by atoms with Crippen LogP contribution in [0.4, 0.5) is 0 Å². The number of aliphatic hydroxyl groups excluding tert-OH is 1. The second-order valence-corrected chi connectivity index (χ2v) is 3.76. The zero-order valence-corrected chi connectivity index (χ0v) is 9.22. The van der Waals surface area contributed by atoms with Gasteiger partial charge in [0, 0.05) is 0 Å². The minimum absolute atomic E-state index is 0. The van der Waals surface area contributed by atoms with E-state index < -0.39 is 12.1 Å². The van der Waals surface area contributed by atoms with Crippen LogP contribution in [0, 0.1) is 0 Å². The van der Waals surface area contributed by atoms with Gasteiger partial charge in [-0.1, -0.05) is 12.8 Å². The molecule has 5 heteroatoms. The molecular weight excluding hydrogens is 204 g/mol. The number of hydrogen-bond donors (Lipinski definition) is 3. The Bertz CT molecular complexity index is 188. The summed E-state index contributed by atoms with van der Waals surface area (Å²) in [5, 5.41) is 12.3. The Kier molecular flexibility index (Phi) is 6.08. The molecule has 0 aliphatic heterocycles. The molecule has 0 aromatic carbocycles. The first kappa shape index (κ1) is 13.7. The Morgan fingerprint density at radius 3 is 2.57 bits per heavy atom. The van der Waals surface area contributed by atoms with Crippen LogP contribution < -0.4 is 11.1 Å². The maximum atomic E-state index is 11.2. The summed E-state index contributed by atoms with van der Waals surface area (Å²) in [5.41, 5.74) is 5.40. The third-order valence-corrected chi connectivity index (χ3v) is 2.47. The van der Waals surface area contributed by atoms with Crippen molar-refractivity contribution in [2.75, 3.05) is 0 Å². The van der Waals surface area contributed by atoms with Crippen LogP contribution in [-0.2, 0) is 4.79 Å². The van der Waals surface area contributed by atoms with Gasteiger partial charge in [0.15, 0.2) is 0 Å². The fourth-order valence-electron chi connectivity index (χ4n) is 1.59. The van der Waals surface area contributed by atoms with Gasteiger partial charge in [0.25, 0.3) is 0 Å². The minimum atomic E-state index is -0.492. The van der Waals surface area contributed by atoms with Crippen LogP contribution >= 0.6 is 12.4 Å². The molecule has 0 aromatic heterocycles. The molecule has 14 heavy (non-hydrogen) atoms. The fourth-order valence-corrected chi connectivity index (χ4v) is 1.59. The van der Waals surface area contributed by atoms with E-state index in [1.807, 2.05) is 0 Å². The van der Waals surface area contributed by atoms with E-state index in [1.54, 1.807) is 6.92 Å². The van der Waals surface area contributed by atoms with E-state index in [1.165, 1.54) is 0 Å². The van der Waals surface area contributed by atoms with E-state index >= 15 is 0 Å². The number of carbonyl (C=O) groups excluding carboxylic acids is 1. The Hall–Kier alpha value is -0.320. The molecule has 4 N–H and O–H groups in total. The van der Waals surface area contributed by atoms with E-state index in [0.29, 0.717) is 0 Å². The van der Waals surface area contributed by atoms with Crippen molar-refractivity contribution in [1.82, 2.24) is 5.32 Å². The number of halogens is 1. The number of nitrogens with one attached hydrogen (secondary N) is 1. The molecule has 1 amide bonds. The van der Waals surface area contributed by atoms with Gasteiger partial charge in [-0.2, -0.15) is 0 Å². The van der Waals surface area contributed by atoms with Crippen LogP contribution in [0.15, 0.2) is 0 Å². The highest BCUT2D eigenvalue weighted by molar-refractivity contribution is 5.85. The number of nitrogens with two attached hydrogens (primary N) is 1. The topological polar surface area (TPSA) is 75.4 Å². The fraction of sp³-hybridized carbons (Fsp3) is 0.889. The molecule has 1 aliphatic carbocycles. The smallest absolute Gasteiger partial charge is 0.236 e. The number of rotatable bonds is 2. The lowest BCUT2D eigenvalue weighted by Crippen LogP contribution is -2.49. The summed E-state index contributed by atoms with van der Waals surface area (Å²) in [7, 11) is 0. The van der Waals surface area contributed by atoms with Crippen molar-refractivity contribution in [3.63, 3.8) is 0 Å². The van der Waals surface area contributed by atoms with Gasteiger partial charge in [-0.25, -0.2) is 0 Å². The van der Waals surface area contributed by atoms with E-state index in [2.05, 4.69) is 5.32 Å². The molecule has 0 radical (unpaired) electrons. The predicted octanol–water partition coefficient (Wildman–Crippen LogP) is 0.175. The largest absolute Gasteiger partial charge is 0.391 e. The first-order valence-electron chi connectivity index (χ1n) is 4.85. The highest BCUT2D eigenvalue weighted by Crippen LogP contribution is 2.18. The van der Waals surface area contributed by atoms with Crippen molar-refractivity contribution in [2.45, 2.75) is 50.8 Å². The maximum Gasteiger partial charge on any atom is 0.236 e. The van der Waals surface area contributed by atoms with Gasteiger partial charge in [-0.15, -0.1) is 12.4 Å². The van der Waals surface area contributed by atoms with E-state index in [0.717, 1.165) is 25.7 Å². The first-order valence-corrected chi connectivity index (χ1v) is 4.85. The lowest BCUT2D eigenvalue weighted by molar-refractivity contribution is -0.123.